The van der Waals surface area contributed by atoms with Gasteiger partial charge in [-0.05, 0) is 38.3 Å². The number of anilines is 1. The third-order valence-corrected chi connectivity index (χ3v) is 5.24. The number of hydrogen-bond acceptors (Lipinski definition) is 5. The molecule has 0 aliphatic carbocycles. The van der Waals surface area contributed by atoms with Gasteiger partial charge in [-0.25, -0.2) is 4.98 Å². The highest BCUT2D eigenvalue weighted by Gasteiger charge is 2.22. The fourth-order valence-corrected chi connectivity index (χ4v) is 3.16. The van der Waals surface area contributed by atoms with Gasteiger partial charge in [0.15, 0.2) is 0 Å². The zero-order valence-corrected chi connectivity index (χ0v) is 18.3. The van der Waals surface area contributed by atoms with Crippen LogP contribution in [0.4, 0.5) is 5.82 Å². The van der Waals surface area contributed by atoms with Crippen LogP contribution in [-0.4, -0.2) is 67.1 Å². The molecule has 1 unspecified atom stereocenters. The molecule has 1 aliphatic heterocycles. The topological polar surface area (TPSA) is 74.8 Å². The molecular weight excluding hydrogens is 368 g/mol. The number of ether oxygens (including phenoxy) is 1. The highest BCUT2D eigenvalue weighted by molar-refractivity contribution is 5.94. The molecule has 0 bridgehead atoms. The lowest BCUT2D eigenvalue weighted by Gasteiger charge is -2.35. The first-order valence-corrected chi connectivity index (χ1v) is 10.8. The summed E-state index contributed by atoms with van der Waals surface area (Å²) in [5, 5.41) is 2.89. The van der Waals surface area contributed by atoms with E-state index in [2.05, 4.69) is 29.0 Å². The number of pyridine rings is 1. The first-order chi connectivity index (χ1) is 13.9. The summed E-state index contributed by atoms with van der Waals surface area (Å²) in [4.78, 5) is 33.1. The van der Waals surface area contributed by atoms with Crippen LogP contribution >= 0.6 is 0 Å². The van der Waals surface area contributed by atoms with E-state index in [0.717, 1.165) is 44.8 Å². The summed E-state index contributed by atoms with van der Waals surface area (Å²) in [6, 6.07) is 3.69. The van der Waals surface area contributed by atoms with Crippen molar-refractivity contribution in [2.24, 2.45) is 5.92 Å². The predicted molar refractivity (Wildman–Crippen MR) is 115 cm³/mol. The van der Waals surface area contributed by atoms with Gasteiger partial charge in [-0.15, -0.1) is 0 Å². The molecule has 1 aromatic heterocycles. The Morgan fingerprint density at radius 2 is 1.90 bits per heavy atom. The van der Waals surface area contributed by atoms with Gasteiger partial charge in [-0.1, -0.05) is 20.3 Å². The SMILES string of the molecule is CCC(C)CC(=O)N1CCN(c2ccc(C(=O)NCCCOC(C)C)cn2)CC1. The second-order valence-electron chi connectivity index (χ2n) is 8.02. The Morgan fingerprint density at radius 1 is 1.17 bits per heavy atom. The van der Waals surface area contributed by atoms with Gasteiger partial charge in [0.1, 0.15) is 5.82 Å². The Morgan fingerprint density at radius 3 is 2.48 bits per heavy atom. The van der Waals surface area contributed by atoms with Crippen LogP contribution in [0.2, 0.25) is 0 Å². The minimum atomic E-state index is -0.117. The molecule has 1 atom stereocenters. The zero-order chi connectivity index (χ0) is 21.2. The van der Waals surface area contributed by atoms with Gasteiger partial charge in [0.2, 0.25) is 5.91 Å². The van der Waals surface area contributed by atoms with E-state index in [-0.39, 0.29) is 17.9 Å². The lowest BCUT2D eigenvalue weighted by Crippen LogP contribution is -2.49. The number of carbonyl (C=O) groups excluding carboxylic acids is 2. The van der Waals surface area contributed by atoms with Gasteiger partial charge < -0.3 is 19.9 Å². The first kappa shape index (κ1) is 23.1. The average Bonchev–Trinajstić information content (AvgIpc) is 2.73. The third kappa shape index (κ3) is 7.65. The molecule has 7 nitrogen and oxygen atoms in total. The summed E-state index contributed by atoms with van der Waals surface area (Å²) in [6.45, 7) is 12.4. The van der Waals surface area contributed by atoms with E-state index in [0.29, 0.717) is 31.1 Å². The van der Waals surface area contributed by atoms with Crippen molar-refractivity contribution in [2.45, 2.75) is 53.1 Å². The normalized spacial score (nSPS) is 15.5. The molecule has 2 amide bonds. The molecule has 7 heteroatoms. The molecule has 2 heterocycles. The number of piperazine rings is 1. The fraction of sp³-hybridized carbons (Fsp3) is 0.682. The largest absolute Gasteiger partial charge is 0.379 e. The van der Waals surface area contributed by atoms with E-state index in [1.807, 2.05) is 30.9 Å². The number of aromatic nitrogens is 1. The Bertz CT molecular complexity index is 640. The third-order valence-electron chi connectivity index (χ3n) is 5.24. The maximum atomic E-state index is 12.3. The molecule has 0 spiro atoms. The van der Waals surface area contributed by atoms with Crippen LogP contribution < -0.4 is 10.2 Å². The van der Waals surface area contributed by atoms with Crippen LogP contribution in [0.15, 0.2) is 18.3 Å². The minimum Gasteiger partial charge on any atom is -0.379 e. The number of hydrogen-bond donors (Lipinski definition) is 1. The van der Waals surface area contributed by atoms with E-state index in [1.54, 1.807) is 6.20 Å². The highest BCUT2D eigenvalue weighted by atomic mass is 16.5. The number of amides is 2. The van der Waals surface area contributed by atoms with E-state index in [9.17, 15) is 9.59 Å². The van der Waals surface area contributed by atoms with Gasteiger partial charge >= 0.3 is 0 Å². The van der Waals surface area contributed by atoms with E-state index in [4.69, 9.17) is 4.74 Å². The van der Waals surface area contributed by atoms with E-state index >= 15 is 0 Å². The predicted octanol–water partition coefficient (Wildman–Crippen LogP) is 2.71. The van der Waals surface area contributed by atoms with E-state index < -0.39 is 0 Å². The van der Waals surface area contributed by atoms with Crippen molar-refractivity contribution in [3.8, 4) is 0 Å². The maximum absolute atomic E-state index is 12.3. The second-order valence-corrected chi connectivity index (χ2v) is 8.02. The number of nitrogens with one attached hydrogen (secondary N) is 1. The average molecular weight is 405 g/mol. The zero-order valence-electron chi connectivity index (χ0n) is 18.3. The number of nitrogens with zero attached hydrogens (tertiary/aromatic N) is 3. The van der Waals surface area contributed by atoms with Crippen molar-refractivity contribution in [2.75, 3.05) is 44.2 Å². The fourth-order valence-electron chi connectivity index (χ4n) is 3.16. The van der Waals surface area contributed by atoms with E-state index in [1.165, 1.54) is 0 Å². The second kappa shape index (κ2) is 11.8. The van der Waals surface area contributed by atoms with Gasteiger partial charge in [-0.3, -0.25) is 9.59 Å². The van der Waals surface area contributed by atoms with Crippen LogP contribution in [0.3, 0.4) is 0 Å². The lowest BCUT2D eigenvalue weighted by molar-refractivity contribution is -0.132. The van der Waals surface area contributed by atoms with Gasteiger partial charge in [0.05, 0.1) is 11.7 Å². The lowest BCUT2D eigenvalue weighted by atomic mass is 10.0. The first-order valence-electron chi connectivity index (χ1n) is 10.8. The molecule has 0 radical (unpaired) electrons. The molecule has 1 aliphatic rings. The van der Waals surface area contributed by atoms with Crippen molar-refractivity contribution in [1.29, 1.82) is 0 Å². The summed E-state index contributed by atoms with van der Waals surface area (Å²) in [6.07, 6.45) is 4.27. The van der Waals surface area contributed by atoms with Gasteiger partial charge in [0.25, 0.3) is 5.91 Å². The molecule has 0 saturated carbocycles. The standard InChI is InChI=1S/C22H36N4O3/c1-5-18(4)15-21(27)26-12-10-25(11-13-26)20-8-7-19(16-24-20)22(28)23-9-6-14-29-17(2)3/h7-8,16-18H,5-6,9-15H2,1-4H3,(H,23,28). The Kier molecular flexibility index (Phi) is 9.38. The van der Waals surface area contributed by atoms with Crippen molar-refractivity contribution in [1.82, 2.24) is 15.2 Å². The monoisotopic (exact) mass is 404 g/mol. The number of rotatable bonds is 10. The maximum Gasteiger partial charge on any atom is 0.252 e. The summed E-state index contributed by atoms with van der Waals surface area (Å²) < 4.78 is 5.47. The molecule has 0 aromatic carbocycles. The van der Waals surface area contributed by atoms with Crippen molar-refractivity contribution >= 4 is 17.6 Å². The Hall–Kier alpha value is -2.15. The van der Waals surface area contributed by atoms with Crippen LogP contribution in [0.25, 0.3) is 0 Å². The molecule has 1 fully saturated rings. The van der Waals surface area contributed by atoms with Gasteiger partial charge in [-0.2, -0.15) is 0 Å². The Labute approximate surface area is 174 Å². The molecule has 29 heavy (non-hydrogen) atoms. The summed E-state index contributed by atoms with van der Waals surface area (Å²) in [5.41, 5.74) is 0.556. The quantitative estimate of drug-likeness (QED) is 0.607. The molecule has 1 N–H and O–H groups in total. The molecule has 162 valence electrons. The smallest absolute Gasteiger partial charge is 0.252 e. The molecule has 2 rings (SSSR count). The molecular formula is C22H36N4O3. The van der Waals surface area contributed by atoms with Crippen LogP contribution in [-0.2, 0) is 9.53 Å². The van der Waals surface area contributed by atoms with Crippen LogP contribution in [0.1, 0.15) is 57.3 Å². The van der Waals surface area contributed by atoms with Crippen LogP contribution in [0.5, 0.6) is 0 Å². The summed E-state index contributed by atoms with van der Waals surface area (Å²) >= 11 is 0. The molecule has 1 saturated heterocycles. The van der Waals surface area contributed by atoms with Crippen molar-refractivity contribution < 1.29 is 14.3 Å². The van der Waals surface area contributed by atoms with Crippen molar-refractivity contribution in [3.63, 3.8) is 0 Å². The summed E-state index contributed by atoms with van der Waals surface area (Å²) in [5.74, 6) is 1.41. The van der Waals surface area contributed by atoms with Crippen molar-refractivity contribution in [3.05, 3.63) is 23.9 Å². The number of carbonyl (C=O) groups is 2. The summed E-state index contributed by atoms with van der Waals surface area (Å²) in [7, 11) is 0. The van der Waals surface area contributed by atoms with Crippen LogP contribution in [0, 0.1) is 5.92 Å². The molecule has 1 aromatic rings. The Balaban J connectivity index is 1.76. The van der Waals surface area contributed by atoms with Gasteiger partial charge in [0, 0.05) is 51.9 Å². The minimum absolute atomic E-state index is 0.117. The highest BCUT2D eigenvalue weighted by Crippen LogP contribution is 2.16.